The first-order chi connectivity index (χ1) is 21.4. The predicted molar refractivity (Wildman–Crippen MR) is 158 cm³/mol. The summed E-state index contributed by atoms with van der Waals surface area (Å²) in [6, 6.07) is 18.0. The van der Waals surface area contributed by atoms with Gasteiger partial charge in [-0.3, -0.25) is 4.90 Å². The number of carbonyl (C=O) groups is 1. The second-order valence-electron chi connectivity index (χ2n) is 12.3. The number of nitrogens with zero attached hydrogens (tertiary/aromatic N) is 6. The van der Waals surface area contributed by atoms with Crippen LogP contribution in [0, 0.1) is 23.1 Å². The molecule has 5 heterocycles. The summed E-state index contributed by atoms with van der Waals surface area (Å²) in [5.74, 6) is 1.24. The Hall–Kier alpha value is -4.53. The molecule has 4 fully saturated rings. The Morgan fingerprint density at radius 2 is 2.07 bits per heavy atom. The fourth-order valence-corrected chi connectivity index (χ4v) is 7.65. The Balaban J connectivity index is 0.991. The van der Waals surface area contributed by atoms with Gasteiger partial charge in [0.15, 0.2) is 0 Å². The number of rotatable bonds is 9. The summed E-state index contributed by atoms with van der Waals surface area (Å²) in [6.45, 7) is 3.81. The zero-order valence-electron chi connectivity index (χ0n) is 24.0. The molecule has 224 valence electrons. The number of hydrogen-bond donors (Lipinski definition) is 1. The van der Waals surface area contributed by atoms with Crippen LogP contribution in [0.5, 0.6) is 5.88 Å². The van der Waals surface area contributed by atoms with Crippen LogP contribution in [0.25, 0.3) is 11.0 Å². The number of carboxylic acids is 1. The molecular formula is C33H31FN6O4. The summed E-state index contributed by atoms with van der Waals surface area (Å²) >= 11 is 0. The minimum Gasteiger partial charge on any atom is -0.478 e. The molecule has 4 atom stereocenters. The molecule has 4 aliphatic rings. The molecule has 10 nitrogen and oxygen atoms in total. The Labute approximate surface area is 253 Å². The number of piperazine rings is 1. The number of ether oxygens (including phenoxy) is 2. The number of carboxylic acid groups (broad SMARTS) is 1. The van der Waals surface area contributed by atoms with Gasteiger partial charge in [-0.1, -0.05) is 12.1 Å². The van der Waals surface area contributed by atoms with Gasteiger partial charge in [-0.15, -0.1) is 0 Å². The normalized spacial score (nSPS) is 25.4. The average molecular weight is 595 g/mol. The molecule has 0 bridgehead atoms. The molecule has 44 heavy (non-hydrogen) atoms. The topological polar surface area (TPSA) is 117 Å². The maximum atomic E-state index is 14.3. The van der Waals surface area contributed by atoms with Gasteiger partial charge in [-0.25, -0.2) is 14.2 Å². The van der Waals surface area contributed by atoms with E-state index in [0.717, 1.165) is 61.6 Å². The quantitative estimate of drug-likeness (QED) is 0.302. The van der Waals surface area contributed by atoms with Crippen molar-refractivity contribution in [2.24, 2.45) is 5.92 Å². The number of aromatic nitrogens is 3. The molecule has 3 aliphatic heterocycles. The van der Waals surface area contributed by atoms with Crippen LogP contribution >= 0.6 is 0 Å². The molecule has 3 saturated heterocycles. The molecule has 4 aromatic rings. The van der Waals surface area contributed by atoms with Gasteiger partial charge in [-0.05, 0) is 55.7 Å². The zero-order chi connectivity index (χ0) is 30.0. The third-order valence-corrected chi connectivity index (χ3v) is 10.0. The molecule has 0 amide bonds. The van der Waals surface area contributed by atoms with Crippen molar-refractivity contribution in [3.8, 4) is 11.9 Å². The van der Waals surface area contributed by atoms with E-state index in [1.54, 1.807) is 30.3 Å². The second-order valence-corrected chi connectivity index (χ2v) is 12.3. The highest BCUT2D eigenvalue weighted by Crippen LogP contribution is 2.61. The lowest BCUT2D eigenvalue weighted by molar-refractivity contribution is -0.192. The summed E-state index contributed by atoms with van der Waals surface area (Å²) in [5.41, 5.74) is 2.65. The van der Waals surface area contributed by atoms with Crippen molar-refractivity contribution in [1.29, 1.82) is 5.26 Å². The van der Waals surface area contributed by atoms with E-state index in [2.05, 4.69) is 14.4 Å². The number of fused-ring (bicyclic) bond motifs is 1. The lowest BCUT2D eigenvalue weighted by Gasteiger charge is -2.80. The molecule has 2 aromatic carbocycles. The van der Waals surface area contributed by atoms with Crippen molar-refractivity contribution in [2.75, 3.05) is 24.7 Å². The number of benzene rings is 2. The lowest BCUT2D eigenvalue weighted by Crippen LogP contribution is -2.96. The molecule has 1 aliphatic carbocycles. The highest BCUT2D eigenvalue weighted by atomic mass is 19.1. The van der Waals surface area contributed by atoms with E-state index >= 15 is 0 Å². The first kappa shape index (κ1) is 27.0. The largest absolute Gasteiger partial charge is 0.478 e. The van der Waals surface area contributed by atoms with Crippen molar-refractivity contribution in [1.82, 2.24) is 19.4 Å². The molecule has 1 saturated carbocycles. The van der Waals surface area contributed by atoms with Crippen molar-refractivity contribution in [3.05, 3.63) is 82.9 Å². The summed E-state index contributed by atoms with van der Waals surface area (Å²) in [5, 5.41) is 18.6. The molecule has 11 heteroatoms. The summed E-state index contributed by atoms with van der Waals surface area (Å²) in [4.78, 5) is 26.4. The van der Waals surface area contributed by atoms with E-state index in [9.17, 15) is 14.3 Å². The number of aromatic carboxylic acids is 1. The molecule has 1 N–H and O–H groups in total. The molecule has 1 spiro atoms. The smallest absolute Gasteiger partial charge is 0.335 e. The highest BCUT2D eigenvalue weighted by molar-refractivity contribution is 5.92. The predicted octanol–water partition coefficient (Wildman–Crippen LogP) is 4.36. The van der Waals surface area contributed by atoms with E-state index < -0.39 is 11.8 Å². The van der Waals surface area contributed by atoms with Crippen molar-refractivity contribution >= 4 is 22.8 Å². The van der Waals surface area contributed by atoms with E-state index in [4.69, 9.17) is 24.7 Å². The number of likely N-dealkylation sites (tertiary alicyclic amines) is 1. The first-order valence-corrected chi connectivity index (χ1v) is 15.1. The van der Waals surface area contributed by atoms with Crippen LogP contribution in [0.3, 0.4) is 0 Å². The number of anilines is 1. The number of halogens is 1. The van der Waals surface area contributed by atoms with Crippen LogP contribution < -0.4 is 9.64 Å². The van der Waals surface area contributed by atoms with Crippen LogP contribution in [0.2, 0.25) is 0 Å². The number of imidazole rings is 1. The van der Waals surface area contributed by atoms with Crippen LogP contribution in [-0.2, 0) is 24.4 Å². The number of nitriles is 1. The Morgan fingerprint density at radius 3 is 2.80 bits per heavy atom. The molecular weight excluding hydrogens is 563 g/mol. The average Bonchev–Trinajstić information content (AvgIpc) is 3.63. The van der Waals surface area contributed by atoms with Gasteiger partial charge in [0.05, 0.1) is 53.0 Å². The maximum absolute atomic E-state index is 14.3. The second kappa shape index (κ2) is 10.3. The standard InChI is InChI=1S/C33H31FN6O4/c34-24-12-20(14-35)4-5-23(24)19-44-31-3-1-2-29(37-31)40-16-28-33(40)10-8-27(33)39(28)17-30-36-25-7-6-22(32(41)42)13-26(25)38(30)15-21-9-11-43-18-21/h1-7,12-13,21,27-28H,8-11,15-19H2,(H,41,42). The SMILES string of the molecule is N#Cc1ccc(COc2cccc(N3CC4N(Cc5nc6ccc(C(=O)O)cc6n5CC5CCOC5)C5CCC543)n2)c(F)c1. The van der Waals surface area contributed by atoms with Crippen molar-refractivity contribution in [2.45, 2.75) is 56.6 Å². The van der Waals surface area contributed by atoms with E-state index in [-0.39, 0.29) is 23.3 Å². The van der Waals surface area contributed by atoms with Crippen LogP contribution in [-0.4, -0.2) is 67.9 Å². The molecule has 2 aromatic heterocycles. The van der Waals surface area contributed by atoms with Gasteiger partial charge in [0.25, 0.3) is 0 Å². The monoisotopic (exact) mass is 594 g/mol. The van der Waals surface area contributed by atoms with Gasteiger partial charge in [0.2, 0.25) is 5.88 Å². The minimum atomic E-state index is -0.938. The van der Waals surface area contributed by atoms with Crippen molar-refractivity contribution in [3.63, 3.8) is 0 Å². The first-order valence-electron chi connectivity index (χ1n) is 15.1. The van der Waals surface area contributed by atoms with E-state index in [1.165, 1.54) is 6.07 Å². The molecule has 0 radical (unpaired) electrons. The summed E-state index contributed by atoms with van der Waals surface area (Å²) in [7, 11) is 0. The molecule has 8 rings (SSSR count). The van der Waals surface area contributed by atoms with Crippen LogP contribution in [0.15, 0.2) is 54.6 Å². The highest BCUT2D eigenvalue weighted by Gasteiger charge is 2.75. The Kier molecular flexibility index (Phi) is 6.32. The van der Waals surface area contributed by atoms with Gasteiger partial charge in [0.1, 0.15) is 24.1 Å². The summed E-state index contributed by atoms with van der Waals surface area (Å²) < 4.78 is 28.1. The Bertz CT molecular complexity index is 1820. The number of hydrogen-bond acceptors (Lipinski definition) is 8. The molecule has 4 unspecified atom stereocenters. The third kappa shape index (κ3) is 4.16. The zero-order valence-corrected chi connectivity index (χ0v) is 24.0. The van der Waals surface area contributed by atoms with Gasteiger partial charge in [0, 0.05) is 43.3 Å². The maximum Gasteiger partial charge on any atom is 0.335 e. The van der Waals surface area contributed by atoms with Crippen LogP contribution in [0.4, 0.5) is 10.2 Å². The summed E-state index contributed by atoms with van der Waals surface area (Å²) in [6.07, 6.45) is 3.18. The van der Waals surface area contributed by atoms with Gasteiger partial charge < -0.3 is 24.0 Å². The van der Waals surface area contributed by atoms with E-state index in [1.807, 2.05) is 24.3 Å². The lowest BCUT2D eigenvalue weighted by atomic mass is 9.52. The van der Waals surface area contributed by atoms with E-state index in [0.29, 0.717) is 42.6 Å². The number of piperidine rings is 1. The van der Waals surface area contributed by atoms with Crippen molar-refractivity contribution < 1.29 is 23.8 Å². The fourth-order valence-electron chi connectivity index (χ4n) is 7.65. The minimum absolute atomic E-state index is 0.0279. The van der Waals surface area contributed by atoms with Crippen LogP contribution in [0.1, 0.15) is 46.6 Å². The Morgan fingerprint density at radius 1 is 1.16 bits per heavy atom. The fraction of sp³-hybridized carbons (Fsp3) is 0.394. The number of pyridine rings is 1. The third-order valence-electron chi connectivity index (χ3n) is 10.0. The van der Waals surface area contributed by atoms with Gasteiger partial charge >= 0.3 is 5.97 Å². The van der Waals surface area contributed by atoms with Gasteiger partial charge in [-0.2, -0.15) is 10.2 Å².